The predicted molar refractivity (Wildman–Crippen MR) is 165 cm³/mol. The van der Waals surface area contributed by atoms with Crippen LogP contribution in [0, 0.1) is 0 Å². The molecule has 212 valence electrons. The van der Waals surface area contributed by atoms with Gasteiger partial charge >= 0.3 is 0 Å². The molecule has 6 nitrogen and oxygen atoms in total. The quantitative estimate of drug-likeness (QED) is 0.156. The van der Waals surface area contributed by atoms with E-state index in [1.165, 1.54) is 0 Å². The Morgan fingerprint density at radius 3 is 1.12 bits per heavy atom. The highest BCUT2D eigenvalue weighted by molar-refractivity contribution is 5.82. The molecule has 0 heterocycles. The molecule has 0 unspecified atom stereocenters. The molecule has 2 amide bonds. The molecule has 0 aliphatic rings. The fraction of sp³-hybridized carbons (Fsp3) is 0.257. The molecule has 4 aromatic carbocycles. The van der Waals surface area contributed by atoms with Crippen molar-refractivity contribution in [1.82, 2.24) is 21.3 Å². The Hall–Kier alpha value is -4.26. The van der Waals surface area contributed by atoms with Crippen LogP contribution in [0.5, 0.6) is 0 Å². The predicted octanol–water partition coefficient (Wildman–Crippen LogP) is 4.41. The molecular weight excluding hydrogens is 508 g/mol. The Kier molecular flexibility index (Phi) is 12.1. The zero-order valence-corrected chi connectivity index (χ0v) is 23.5. The number of rotatable bonds is 16. The van der Waals surface area contributed by atoms with Crippen LogP contribution in [0.15, 0.2) is 121 Å². The standard InChI is InChI=1S/C35H40N4O2/c40-34(32(24-28-14-5-1-6-15-28)38-26-30-18-9-3-10-19-30)36-22-13-23-37-35(41)33(25-29-16-7-2-8-17-29)39-27-31-20-11-4-12-21-31/h1-12,14-21,32-33,38-39H,13,22-27H2,(H,36,40)(H,37,41)/t32-,33-/m0/s1. The lowest BCUT2D eigenvalue weighted by Crippen LogP contribution is -2.47. The number of hydrogen-bond donors (Lipinski definition) is 4. The van der Waals surface area contributed by atoms with Crippen LogP contribution in [-0.2, 0) is 35.5 Å². The zero-order valence-electron chi connectivity index (χ0n) is 23.5. The van der Waals surface area contributed by atoms with Gasteiger partial charge < -0.3 is 21.3 Å². The minimum atomic E-state index is -0.357. The Balaban J connectivity index is 1.25. The third kappa shape index (κ3) is 10.7. The summed E-state index contributed by atoms with van der Waals surface area (Å²) in [6, 6.07) is 39.5. The van der Waals surface area contributed by atoms with E-state index >= 15 is 0 Å². The molecule has 4 rings (SSSR count). The van der Waals surface area contributed by atoms with E-state index in [1.54, 1.807) is 0 Å². The Morgan fingerprint density at radius 2 is 0.780 bits per heavy atom. The summed E-state index contributed by atoms with van der Waals surface area (Å²) < 4.78 is 0. The molecular formula is C35H40N4O2. The number of amides is 2. The first-order chi connectivity index (χ1) is 20.2. The minimum Gasteiger partial charge on any atom is -0.355 e. The maximum Gasteiger partial charge on any atom is 0.237 e. The van der Waals surface area contributed by atoms with Crippen LogP contribution in [0.3, 0.4) is 0 Å². The third-order valence-corrected chi connectivity index (χ3v) is 6.94. The van der Waals surface area contributed by atoms with Gasteiger partial charge in [-0.3, -0.25) is 9.59 Å². The van der Waals surface area contributed by atoms with Crippen molar-refractivity contribution >= 4 is 11.8 Å². The second kappa shape index (κ2) is 16.8. The Labute approximate surface area is 243 Å². The molecule has 0 aliphatic heterocycles. The topological polar surface area (TPSA) is 82.3 Å². The molecule has 0 aliphatic carbocycles. The average Bonchev–Trinajstić information content (AvgIpc) is 3.03. The lowest BCUT2D eigenvalue weighted by atomic mass is 10.0. The number of hydrogen-bond acceptors (Lipinski definition) is 4. The van der Waals surface area contributed by atoms with E-state index in [1.807, 2.05) is 121 Å². The largest absolute Gasteiger partial charge is 0.355 e. The maximum atomic E-state index is 13.1. The van der Waals surface area contributed by atoms with Gasteiger partial charge in [0.25, 0.3) is 0 Å². The van der Waals surface area contributed by atoms with Crippen molar-refractivity contribution in [2.45, 2.75) is 44.4 Å². The van der Waals surface area contributed by atoms with Gasteiger partial charge in [-0.15, -0.1) is 0 Å². The van der Waals surface area contributed by atoms with Gasteiger partial charge in [0.05, 0.1) is 12.1 Å². The van der Waals surface area contributed by atoms with Gasteiger partial charge in [-0.25, -0.2) is 0 Å². The molecule has 0 saturated carbocycles. The van der Waals surface area contributed by atoms with E-state index < -0.39 is 0 Å². The van der Waals surface area contributed by atoms with E-state index in [2.05, 4.69) is 21.3 Å². The van der Waals surface area contributed by atoms with E-state index in [-0.39, 0.29) is 23.9 Å². The first-order valence-corrected chi connectivity index (χ1v) is 14.4. The molecule has 4 aromatic rings. The lowest BCUT2D eigenvalue weighted by molar-refractivity contribution is -0.123. The van der Waals surface area contributed by atoms with Gasteiger partial charge in [0, 0.05) is 26.2 Å². The molecule has 4 N–H and O–H groups in total. The summed E-state index contributed by atoms with van der Waals surface area (Å²) in [6.45, 7) is 2.19. The van der Waals surface area contributed by atoms with Crippen molar-refractivity contribution < 1.29 is 9.59 Å². The molecule has 0 fully saturated rings. The average molecular weight is 549 g/mol. The summed E-state index contributed by atoms with van der Waals surface area (Å²) in [5, 5.41) is 13.0. The van der Waals surface area contributed by atoms with Crippen molar-refractivity contribution in [3.8, 4) is 0 Å². The van der Waals surface area contributed by atoms with E-state index in [0.29, 0.717) is 45.4 Å². The third-order valence-electron chi connectivity index (χ3n) is 6.94. The van der Waals surface area contributed by atoms with Crippen molar-refractivity contribution in [2.24, 2.45) is 0 Å². The van der Waals surface area contributed by atoms with Crippen molar-refractivity contribution in [3.63, 3.8) is 0 Å². The zero-order chi connectivity index (χ0) is 28.5. The number of benzene rings is 4. The summed E-state index contributed by atoms with van der Waals surface area (Å²) in [4.78, 5) is 26.3. The van der Waals surface area contributed by atoms with Crippen LogP contribution in [0.25, 0.3) is 0 Å². The van der Waals surface area contributed by atoms with E-state index in [0.717, 1.165) is 22.3 Å². The fourth-order valence-electron chi connectivity index (χ4n) is 4.65. The molecule has 2 atom stereocenters. The lowest BCUT2D eigenvalue weighted by Gasteiger charge is -2.20. The van der Waals surface area contributed by atoms with Gasteiger partial charge in [-0.2, -0.15) is 0 Å². The first-order valence-electron chi connectivity index (χ1n) is 14.4. The second-order valence-electron chi connectivity index (χ2n) is 10.2. The van der Waals surface area contributed by atoms with Crippen molar-refractivity contribution in [3.05, 3.63) is 144 Å². The number of carbonyl (C=O) groups is 2. The molecule has 41 heavy (non-hydrogen) atoms. The van der Waals surface area contributed by atoms with Gasteiger partial charge in [-0.1, -0.05) is 121 Å². The van der Waals surface area contributed by atoms with E-state index in [9.17, 15) is 9.59 Å². The molecule has 6 heteroatoms. The van der Waals surface area contributed by atoms with Crippen LogP contribution in [0.4, 0.5) is 0 Å². The molecule has 0 radical (unpaired) electrons. The minimum absolute atomic E-state index is 0.0393. The number of nitrogens with one attached hydrogen (secondary N) is 4. The molecule has 0 saturated heterocycles. The molecule has 0 spiro atoms. The van der Waals surface area contributed by atoms with Gasteiger partial charge in [0.2, 0.25) is 11.8 Å². The monoisotopic (exact) mass is 548 g/mol. The van der Waals surface area contributed by atoms with Crippen LogP contribution in [0.2, 0.25) is 0 Å². The molecule has 0 aromatic heterocycles. The Morgan fingerprint density at radius 1 is 0.463 bits per heavy atom. The summed E-state index contributed by atoms with van der Waals surface area (Å²) in [5.74, 6) is -0.0785. The fourth-order valence-corrected chi connectivity index (χ4v) is 4.65. The summed E-state index contributed by atoms with van der Waals surface area (Å²) in [7, 11) is 0. The molecule has 0 bridgehead atoms. The van der Waals surface area contributed by atoms with Gasteiger partial charge in [0.15, 0.2) is 0 Å². The van der Waals surface area contributed by atoms with Crippen LogP contribution < -0.4 is 21.3 Å². The first kappa shape index (κ1) is 29.7. The SMILES string of the molecule is O=C(NCCCNC(=O)[C@H](Cc1ccccc1)NCc1ccccc1)[C@H](Cc1ccccc1)NCc1ccccc1. The normalized spacial score (nSPS) is 12.3. The van der Waals surface area contributed by atoms with Crippen molar-refractivity contribution in [2.75, 3.05) is 13.1 Å². The van der Waals surface area contributed by atoms with Gasteiger partial charge in [0.1, 0.15) is 0 Å². The highest BCUT2D eigenvalue weighted by Crippen LogP contribution is 2.07. The van der Waals surface area contributed by atoms with Crippen LogP contribution in [0.1, 0.15) is 28.7 Å². The summed E-state index contributed by atoms with van der Waals surface area (Å²) in [6.07, 6.45) is 1.85. The maximum absolute atomic E-state index is 13.1. The Bertz CT molecular complexity index is 1200. The van der Waals surface area contributed by atoms with Crippen molar-refractivity contribution in [1.29, 1.82) is 0 Å². The summed E-state index contributed by atoms with van der Waals surface area (Å²) >= 11 is 0. The second-order valence-corrected chi connectivity index (χ2v) is 10.2. The highest BCUT2D eigenvalue weighted by Gasteiger charge is 2.20. The van der Waals surface area contributed by atoms with E-state index in [4.69, 9.17) is 0 Å². The smallest absolute Gasteiger partial charge is 0.237 e. The van der Waals surface area contributed by atoms with Gasteiger partial charge in [-0.05, 0) is 41.5 Å². The van der Waals surface area contributed by atoms with Crippen LogP contribution >= 0.6 is 0 Å². The van der Waals surface area contributed by atoms with Crippen LogP contribution in [-0.4, -0.2) is 37.0 Å². The highest BCUT2D eigenvalue weighted by atomic mass is 16.2. The summed E-state index contributed by atoms with van der Waals surface area (Å²) in [5.41, 5.74) is 4.47. The number of carbonyl (C=O) groups excluding carboxylic acids is 2.